The number of nitrogens with zero attached hydrogens (tertiary/aromatic N) is 1. The smallest absolute Gasteiger partial charge is 0.237 e. The van der Waals surface area contributed by atoms with Gasteiger partial charge in [0.25, 0.3) is 0 Å². The Morgan fingerprint density at radius 1 is 1.17 bits per heavy atom. The topological polar surface area (TPSA) is 87.5 Å². The molecule has 2 atom stereocenters. The number of likely N-dealkylation sites (tertiary alicyclic amines) is 1. The van der Waals surface area contributed by atoms with E-state index in [1.54, 1.807) is 0 Å². The van der Waals surface area contributed by atoms with Crippen LogP contribution in [-0.4, -0.2) is 55.0 Å². The first-order valence-corrected chi connectivity index (χ1v) is 9.14. The number of carbonyl (C=O) groups is 2. The summed E-state index contributed by atoms with van der Waals surface area (Å²) in [5.74, 6) is 0.153. The van der Waals surface area contributed by atoms with Crippen LogP contribution in [0.4, 0.5) is 0 Å². The lowest BCUT2D eigenvalue weighted by atomic mass is 9.94. The van der Waals surface area contributed by atoms with Crippen molar-refractivity contribution in [3.05, 3.63) is 0 Å². The molecule has 1 saturated heterocycles. The fourth-order valence-corrected chi connectivity index (χ4v) is 3.65. The van der Waals surface area contributed by atoms with Gasteiger partial charge in [-0.2, -0.15) is 0 Å². The van der Waals surface area contributed by atoms with Crippen LogP contribution >= 0.6 is 12.4 Å². The Balaban J connectivity index is 0.00000288. The molecule has 2 fully saturated rings. The second kappa shape index (κ2) is 10.9. The summed E-state index contributed by atoms with van der Waals surface area (Å²) in [6.07, 6.45) is 7.77. The second-order valence-corrected chi connectivity index (χ2v) is 6.93. The zero-order valence-electron chi connectivity index (χ0n) is 14.8. The highest BCUT2D eigenvalue weighted by Gasteiger charge is 2.31. The number of nitrogens with one attached hydrogen (secondary N) is 2. The molecule has 1 saturated carbocycles. The molecule has 0 bridgehead atoms. The highest BCUT2D eigenvalue weighted by Crippen LogP contribution is 2.20. The maximum atomic E-state index is 12.5. The Kier molecular flexibility index (Phi) is 9.63. The molecular formula is C17H33ClN4O2. The molecule has 2 amide bonds. The zero-order valence-corrected chi connectivity index (χ0v) is 15.6. The van der Waals surface area contributed by atoms with Crippen LogP contribution < -0.4 is 16.4 Å². The largest absolute Gasteiger partial charge is 0.355 e. The maximum absolute atomic E-state index is 12.5. The van der Waals surface area contributed by atoms with Gasteiger partial charge in [-0.15, -0.1) is 12.4 Å². The first-order chi connectivity index (χ1) is 11.1. The Morgan fingerprint density at radius 3 is 2.54 bits per heavy atom. The van der Waals surface area contributed by atoms with Gasteiger partial charge in [0.05, 0.1) is 12.0 Å². The van der Waals surface area contributed by atoms with Crippen LogP contribution in [0.3, 0.4) is 0 Å². The second-order valence-electron chi connectivity index (χ2n) is 6.93. The van der Waals surface area contributed by atoms with E-state index in [9.17, 15) is 9.59 Å². The summed E-state index contributed by atoms with van der Waals surface area (Å²) in [6.45, 7) is 4.49. The van der Waals surface area contributed by atoms with Crippen molar-refractivity contribution >= 4 is 24.2 Å². The lowest BCUT2D eigenvalue weighted by molar-refractivity contribution is -0.131. The van der Waals surface area contributed by atoms with Gasteiger partial charge in [0, 0.05) is 25.7 Å². The SMILES string of the molecule is CC(C(=O)NC1CCCCC1)N1CCCC(C(=O)NCCN)C1.Cl. The average Bonchev–Trinajstić information content (AvgIpc) is 2.60. The Bertz CT molecular complexity index is 402. The van der Waals surface area contributed by atoms with Crippen LogP contribution in [0.5, 0.6) is 0 Å². The number of hydrogen-bond acceptors (Lipinski definition) is 4. The summed E-state index contributed by atoms with van der Waals surface area (Å²) in [5.41, 5.74) is 5.43. The third-order valence-electron chi connectivity index (χ3n) is 5.15. The van der Waals surface area contributed by atoms with Gasteiger partial charge >= 0.3 is 0 Å². The lowest BCUT2D eigenvalue weighted by Gasteiger charge is -2.36. The zero-order chi connectivity index (χ0) is 16.7. The predicted octanol–water partition coefficient (Wildman–Crippen LogP) is 1.03. The quantitative estimate of drug-likeness (QED) is 0.660. The van der Waals surface area contributed by atoms with Crippen molar-refractivity contribution in [2.45, 2.75) is 64.0 Å². The van der Waals surface area contributed by atoms with Crippen LogP contribution in [0.15, 0.2) is 0 Å². The van der Waals surface area contributed by atoms with Crippen molar-refractivity contribution in [3.8, 4) is 0 Å². The third kappa shape index (κ3) is 6.22. The summed E-state index contributed by atoms with van der Waals surface area (Å²) in [7, 11) is 0. The minimum Gasteiger partial charge on any atom is -0.355 e. The van der Waals surface area contributed by atoms with E-state index in [-0.39, 0.29) is 36.2 Å². The summed E-state index contributed by atoms with van der Waals surface area (Å²) < 4.78 is 0. The molecule has 24 heavy (non-hydrogen) atoms. The third-order valence-corrected chi connectivity index (χ3v) is 5.15. The Morgan fingerprint density at radius 2 is 1.88 bits per heavy atom. The van der Waals surface area contributed by atoms with E-state index in [0.29, 0.717) is 25.7 Å². The van der Waals surface area contributed by atoms with Gasteiger partial charge in [-0.3, -0.25) is 14.5 Å². The highest BCUT2D eigenvalue weighted by atomic mass is 35.5. The molecule has 0 aromatic carbocycles. The molecule has 0 spiro atoms. The molecule has 0 aromatic heterocycles. The van der Waals surface area contributed by atoms with Crippen LogP contribution in [0, 0.1) is 5.92 Å². The van der Waals surface area contributed by atoms with Crippen molar-refractivity contribution in [2.24, 2.45) is 11.7 Å². The molecule has 2 unspecified atom stereocenters. The molecule has 7 heteroatoms. The number of rotatable bonds is 6. The molecule has 0 aromatic rings. The van der Waals surface area contributed by atoms with Gasteiger partial charge in [0.2, 0.25) is 11.8 Å². The first kappa shape index (κ1) is 21.2. The van der Waals surface area contributed by atoms with Crippen molar-refractivity contribution in [1.82, 2.24) is 15.5 Å². The number of nitrogens with two attached hydrogens (primary N) is 1. The number of halogens is 1. The first-order valence-electron chi connectivity index (χ1n) is 9.14. The van der Waals surface area contributed by atoms with E-state index >= 15 is 0 Å². The van der Waals surface area contributed by atoms with Crippen LogP contribution in [-0.2, 0) is 9.59 Å². The predicted molar refractivity (Wildman–Crippen MR) is 98.1 cm³/mol. The summed E-state index contributed by atoms with van der Waals surface area (Å²) in [6, 6.07) is 0.175. The normalized spacial score (nSPS) is 23.8. The van der Waals surface area contributed by atoms with Crippen molar-refractivity contribution in [1.29, 1.82) is 0 Å². The van der Waals surface area contributed by atoms with Crippen molar-refractivity contribution in [3.63, 3.8) is 0 Å². The Hall–Kier alpha value is -0.850. The molecular weight excluding hydrogens is 328 g/mol. The molecule has 1 aliphatic carbocycles. The molecule has 140 valence electrons. The van der Waals surface area contributed by atoms with E-state index in [1.807, 2.05) is 6.92 Å². The van der Waals surface area contributed by atoms with Crippen LogP contribution in [0.25, 0.3) is 0 Å². The molecule has 1 heterocycles. The number of amides is 2. The average molecular weight is 361 g/mol. The summed E-state index contributed by atoms with van der Waals surface area (Å²) in [5, 5.41) is 6.06. The fraction of sp³-hybridized carbons (Fsp3) is 0.882. The summed E-state index contributed by atoms with van der Waals surface area (Å²) >= 11 is 0. The van der Waals surface area contributed by atoms with Crippen molar-refractivity contribution in [2.75, 3.05) is 26.2 Å². The van der Waals surface area contributed by atoms with E-state index in [4.69, 9.17) is 5.73 Å². The molecule has 6 nitrogen and oxygen atoms in total. The van der Waals surface area contributed by atoms with E-state index in [2.05, 4.69) is 15.5 Å². The van der Waals surface area contributed by atoms with E-state index < -0.39 is 0 Å². The maximum Gasteiger partial charge on any atom is 0.237 e. The monoisotopic (exact) mass is 360 g/mol. The van der Waals surface area contributed by atoms with Gasteiger partial charge in [-0.1, -0.05) is 19.3 Å². The van der Waals surface area contributed by atoms with Gasteiger partial charge in [0.15, 0.2) is 0 Å². The van der Waals surface area contributed by atoms with Crippen LogP contribution in [0.1, 0.15) is 51.9 Å². The van der Waals surface area contributed by atoms with Gasteiger partial charge in [-0.25, -0.2) is 0 Å². The minimum atomic E-state index is -0.165. The number of hydrogen-bond donors (Lipinski definition) is 3. The van der Waals surface area contributed by atoms with E-state index in [0.717, 1.165) is 32.2 Å². The van der Waals surface area contributed by atoms with Crippen molar-refractivity contribution < 1.29 is 9.59 Å². The lowest BCUT2D eigenvalue weighted by Crippen LogP contribution is -2.53. The minimum absolute atomic E-state index is 0. The highest BCUT2D eigenvalue weighted by molar-refractivity contribution is 5.85. The molecule has 4 N–H and O–H groups in total. The molecule has 2 rings (SSSR count). The summed E-state index contributed by atoms with van der Waals surface area (Å²) in [4.78, 5) is 26.8. The van der Waals surface area contributed by atoms with Crippen LogP contribution in [0.2, 0.25) is 0 Å². The number of piperidine rings is 1. The molecule has 1 aliphatic heterocycles. The Labute approximate surface area is 151 Å². The van der Waals surface area contributed by atoms with Gasteiger partial charge in [0.1, 0.15) is 0 Å². The van der Waals surface area contributed by atoms with E-state index in [1.165, 1.54) is 19.3 Å². The molecule has 0 radical (unpaired) electrons. The standard InChI is InChI=1S/C17H32N4O2.ClH/c1-13(16(22)20-15-7-3-2-4-8-15)21-11-5-6-14(12-21)17(23)19-10-9-18;/h13-15H,2-12,18H2,1H3,(H,19,23)(H,20,22);1H. The number of carbonyl (C=O) groups excluding carboxylic acids is 2. The fourth-order valence-electron chi connectivity index (χ4n) is 3.65. The van der Waals surface area contributed by atoms with Gasteiger partial charge < -0.3 is 16.4 Å². The van der Waals surface area contributed by atoms with Gasteiger partial charge in [-0.05, 0) is 39.2 Å². The molecule has 2 aliphatic rings.